The Bertz CT molecular complexity index is 392. The molecule has 0 aromatic heterocycles. The number of aliphatic carboxylic acids is 1. The molecule has 0 aromatic rings. The van der Waals surface area contributed by atoms with Gasteiger partial charge in [0.2, 0.25) is 0 Å². The van der Waals surface area contributed by atoms with E-state index in [0.717, 1.165) is 36.8 Å². The number of carboxylic acid groups (broad SMARTS) is 1. The Labute approximate surface area is 141 Å². The average Bonchev–Trinajstić information content (AvgIpc) is 2.50. The maximum atomic E-state index is 11.1. The van der Waals surface area contributed by atoms with E-state index in [-0.39, 0.29) is 6.42 Å². The van der Waals surface area contributed by atoms with Crippen molar-refractivity contribution in [2.75, 3.05) is 0 Å². The minimum atomic E-state index is -0.786. The van der Waals surface area contributed by atoms with Gasteiger partial charge in [-0.05, 0) is 38.0 Å². The fourth-order valence-electron chi connectivity index (χ4n) is 2.86. The van der Waals surface area contributed by atoms with E-state index in [9.17, 15) is 9.59 Å². The van der Waals surface area contributed by atoms with Crippen LogP contribution in [0.1, 0.15) is 90.9 Å². The molecule has 0 amide bonds. The van der Waals surface area contributed by atoms with Gasteiger partial charge in [-0.2, -0.15) is 0 Å². The number of allylic oxidation sites excluding steroid dienone is 2. The van der Waals surface area contributed by atoms with Gasteiger partial charge in [0.25, 0.3) is 0 Å². The molecule has 3 heteroatoms. The standard InChI is InChI=1S/C20H34O3/c1-4-5-6-7-8-9-10-11-19(16-21)15-18(3)14-17(2)12-13-20(22)23/h18H,2,4-15H2,1,3H3,(H,22,23). The number of carbonyl (C=O) groups is 1. The highest BCUT2D eigenvalue weighted by Gasteiger charge is 2.10. The predicted octanol–water partition coefficient (Wildman–Crippen LogP) is 5.72. The van der Waals surface area contributed by atoms with Gasteiger partial charge in [0.1, 0.15) is 5.94 Å². The monoisotopic (exact) mass is 322 g/mol. The zero-order valence-corrected chi connectivity index (χ0v) is 15.0. The lowest BCUT2D eigenvalue weighted by molar-refractivity contribution is -0.136. The van der Waals surface area contributed by atoms with Gasteiger partial charge in [0.15, 0.2) is 0 Å². The van der Waals surface area contributed by atoms with Gasteiger partial charge < -0.3 is 5.11 Å². The highest BCUT2D eigenvalue weighted by molar-refractivity contribution is 5.67. The van der Waals surface area contributed by atoms with Crippen molar-refractivity contribution in [3.8, 4) is 0 Å². The van der Waals surface area contributed by atoms with Crippen molar-refractivity contribution < 1.29 is 14.7 Å². The second-order valence-corrected chi connectivity index (χ2v) is 6.73. The van der Waals surface area contributed by atoms with E-state index in [4.69, 9.17) is 5.11 Å². The van der Waals surface area contributed by atoms with E-state index >= 15 is 0 Å². The van der Waals surface area contributed by atoms with E-state index in [2.05, 4.69) is 26.4 Å². The molecule has 23 heavy (non-hydrogen) atoms. The van der Waals surface area contributed by atoms with Crippen LogP contribution in [0.5, 0.6) is 0 Å². The molecule has 0 saturated heterocycles. The molecule has 0 aliphatic rings. The van der Waals surface area contributed by atoms with E-state index in [1.54, 1.807) is 0 Å². The number of hydrogen-bond acceptors (Lipinski definition) is 2. The molecule has 0 fully saturated rings. The number of rotatable bonds is 15. The number of hydrogen-bond donors (Lipinski definition) is 1. The van der Waals surface area contributed by atoms with Crippen molar-refractivity contribution in [2.45, 2.75) is 90.9 Å². The molecule has 132 valence electrons. The Hall–Kier alpha value is -1.34. The number of unbranched alkanes of at least 4 members (excludes halogenated alkanes) is 6. The van der Waals surface area contributed by atoms with E-state index in [0.29, 0.717) is 12.3 Å². The third-order valence-corrected chi connectivity index (χ3v) is 4.15. The maximum Gasteiger partial charge on any atom is 0.303 e. The summed E-state index contributed by atoms with van der Waals surface area (Å²) in [6.07, 6.45) is 11.8. The highest BCUT2D eigenvalue weighted by Crippen LogP contribution is 2.23. The van der Waals surface area contributed by atoms with Crippen molar-refractivity contribution in [1.29, 1.82) is 0 Å². The molecule has 0 aliphatic heterocycles. The zero-order valence-electron chi connectivity index (χ0n) is 15.0. The number of carbonyl (C=O) groups excluding carboxylic acids is 1. The Morgan fingerprint density at radius 2 is 1.61 bits per heavy atom. The van der Waals surface area contributed by atoms with Gasteiger partial charge in [-0.25, -0.2) is 4.79 Å². The summed E-state index contributed by atoms with van der Waals surface area (Å²) in [6, 6.07) is 0. The second kappa shape index (κ2) is 14.3. The van der Waals surface area contributed by atoms with Crippen LogP contribution in [-0.4, -0.2) is 17.0 Å². The summed E-state index contributed by atoms with van der Waals surface area (Å²) in [6.45, 7) is 8.25. The van der Waals surface area contributed by atoms with Crippen molar-refractivity contribution in [2.24, 2.45) is 5.92 Å². The molecule has 0 aliphatic carbocycles. The van der Waals surface area contributed by atoms with Crippen LogP contribution in [0.2, 0.25) is 0 Å². The Morgan fingerprint density at radius 3 is 2.17 bits per heavy atom. The largest absolute Gasteiger partial charge is 0.481 e. The van der Waals surface area contributed by atoms with Crippen molar-refractivity contribution in [3.05, 3.63) is 17.7 Å². The fourth-order valence-corrected chi connectivity index (χ4v) is 2.86. The minimum Gasteiger partial charge on any atom is -0.481 e. The molecule has 0 rings (SSSR count). The smallest absolute Gasteiger partial charge is 0.303 e. The van der Waals surface area contributed by atoms with Gasteiger partial charge in [0, 0.05) is 12.0 Å². The molecule has 0 saturated carbocycles. The molecular formula is C20H34O3. The normalized spacial score (nSPS) is 11.7. The molecule has 3 nitrogen and oxygen atoms in total. The third-order valence-electron chi connectivity index (χ3n) is 4.15. The van der Waals surface area contributed by atoms with Gasteiger partial charge in [-0.3, -0.25) is 4.79 Å². The first kappa shape index (κ1) is 21.7. The molecule has 0 radical (unpaired) electrons. The number of carboxylic acids is 1. The summed E-state index contributed by atoms with van der Waals surface area (Å²) in [7, 11) is 0. The van der Waals surface area contributed by atoms with Crippen LogP contribution in [0, 0.1) is 5.92 Å². The SMILES string of the molecule is C=C(CCC(=O)O)CC(C)CC(=C=O)CCCCCCCCC. The lowest BCUT2D eigenvalue weighted by Crippen LogP contribution is -2.02. The summed E-state index contributed by atoms with van der Waals surface area (Å²) in [5, 5.41) is 8.67. The fraction of sp³-hybridized carbons (Fsp3) is 0.750. The highest BCUT2D eigenvalue weighted by atomic mass is 16.4. The molecular weight excluding hydrogens is 288 g/mol. The van der Waals surface area contributed by atoms with Crippen LogP contribution in [0.25, 0.3) is 0 Å². The van der Waals surface area contributed by atoms with E-state index in [1.165, 1.54) is 38.5 Å². The van der Waals surface area contributed by atoms with Crippen LogP contribution in [-0.2, 0) is 9.59 Å². The lowest BCUT2D eigenvalue weighted by atomic mass is 9.91. The predicted molar refractivity (Wildman–Crippen MR) is 96.2 cm³/mol. The average molecular weight is 322 g/mol. The van der Waals surface area contributed by atoms with Gasteiger partial charge in [-0.1, -0.05) is 64.5 Å². The topological polar surface area (TPSA) is 54.4 Å². The molecule has 0 aromatic carbocycles. The second-order valence-electron chi connectivity index (χ2n) is 6.73. The summed E-state index contributed by atoms with van der Waals surface area (Å²) in [4.78, 5) is 21.6. The molecule has 1 unspecified atom stereocenters. The van der Waals surface area contributed by atoms with Crippen LogP contribution >= 0.6 is 0 Å². The summed E-state index contributed by atoms with van der Waals surface area (Å²) < 4.78 is 0. The summed E-state index contributed by atoms with van der Waals surface area (Å²) in [5.74, 6) is 1.66. The quantitative estimate of drug-likeness (QED) is 0.238. The Morgan fingerprint density at radius 1 is 1.00 bits per heavy atom. The molecule has 0 spiro atoms. The van der Waals surface area contributed by atoms with Gasteiger partial charge in [0.05, 0.1) is 0 Å². The third kappa shape index (κ3) is 14.0. The lowest BCUT2D eigenvalue weighted by Gasteiger charge is -2.13. The van der Waals surface area contributed by atoms with E-state index < -0.39 is 5.97 Å². The van der Waals surface area contributed by atoms with Gasteiger partial charge in [-0.15, -0.1) is 0 Å². The van der Waals surface area contributed by atoms with Gasteiger partial charge >= 0.3 is 5.97 Å². The minimum absolute atomic E-state index is 0.139. The van der Waals surface area contributed by atoms with Crippen LogP contribution in [0.3, 0.4) is 0 Å². The maximum absolute atomic E-state index is 11.1. The van der Waals surface area contributed by atoms with Crippen molar-refractivity contribution in [1.82, 2.24) is 0 Å². The van der Waals surface area contributed by atoms with E-state index in [1.807, 2.05) is 0 Å². The van der Waals surface area contributed by atoms with Crippen LogP contribution in [0.4, 0.5) is 0 Å². The summed E-state index contributed by atoms with van der Waals surface area (Å²) in [5.41, 5.74) is 1.83. The first-order valence-electron chi connectivity index (χ1n) is 9.10. The first-order valence-corrected chi connectivity index (χ1v) is 9.10. The molecule has 1 N–H and O–H groups in total. The Kier molecular flexibility index (Phi) is 13.4. The van der Waals surface area contributed by atoms with Crippen molar-refractivity contribution >= 4 is 11.9 Å². The summed E-state index contributed by atoms with van der Waals surface area (Å²) >= 11 is 0. The van der Waals surface area contributed by atoms with Crippen LogP contribution < -0.4 is 0 Å². The van der Waals surface area contributed by atoms with Crippen molar-refractivity contribution in [3.63, 3.8) is 0 Å². The molecule has 1 atom stereocenters. The zero-order chi connectivity index (χ0) is 17.5. The Balaban J connectivity index is 3.84. The molecule has 0 heterocycles. The first-order chi connectivity index (χ1) is 11.0. The molecule has 0 bridgehead atoms. The van der Waals surface area contributed by atoms with Crippen LogP contribution in [0.15, 0.2) is 17.7 Å².